The van der Waals surface area contributed by atoms with Crippen molar-refractivity contribution in [3.05, 3.63) is 53.1 Å². The van der Waals surface area contributed by atoms with Gasteiger partial charge in [-0.05, 0) is 42.0 Å². The number of ether oxygens (including phenoxy) is 2. The highest BCUT2D eigenvalue weighted by atomic mass is 35.5. The van der Waals surface area contributed by atoms with Gasteiger partial charge in [0.1, 0.15) is 5.37 Å². The highest BCUT2D eigenvalue weighted by Gasteiger charge is 2.31. The minimum atomic E-state index is -0.120. The Balaban J connectivity index is 1.52. The van der Waals surface area contributed by atoms with Crippen LogP contribution in [0.5, 0.6) is 11.5 Å². The van der Waals surface area contributed by atoms with E-state index in [4.69, 9.17) is 21.1 Å². The molecule has 0 radical (unpaired) electrons. The van der Waals surface area contributed by atoms with Gasteiger partial charge >= 0.3 is 6.03 Å². The van der Waals surface area contributed by atoms with Gasteiger partial charge in [0.25, 0.3) is 0 Å². The van der Waals surface area contributed by atoms with Crippen molar-refractivity contribution in [1.82, 2.24) is 4.90 Å². The fourth-order valence-corrected chi connectivity index (χ4v) is 4.12. The number of anilines is 1. The first-order valence-corrected chi connectivity index (χ1v) is 8.98. The molecule has 2 aromatic rings. The zero-order valence-electron chi connectivity index (χ0n) is 12.7. The Bertz CT molecular complexity index is 769. The number of nitrogens with zero attached hydrogens (tertiary/aromatic N) is 1. The fraction of sp³-hybridized carbons (Fsp3) is 0.235. The molecule has 2 aromatic carbocycles. The van der Waals surface area contributed by atoms with E-state index in [9.17, 15) is 4.79 Å². The summed E-state index contributed by atoms with van der Waals surface area (Å²) in [6.45, 7) is 0.945. The van der Waals surface area contributed by atoms with E-state index in [0.717, 1.165) is 28.5 Å². The molecule has 0 spiro atoms. The first-order valence-electron chi connectivity index (χ1n) is 7.55. The number of nitrogens with one attached hydrogen (secondary N) is 1. The molecule has 5 nitrogen and oxygen atoms in total. The van der Waals surface area contributed by atoms with Crippen LogP contribution in [0.3, 0.4) is 0 Å². The third kappa shape index (κ3) is 2.99. The second kappa shape index (κ2) is 6.45. The van der Waals surface area contributed by atoms with E-state index in [0.29, 0.717) is 11.6 Å². The Morgan fingerprint density at radius 3 is 2.79 bits per heavy atom. The lowest BCUT2D eigenvalue weighted by Crippen LogP contribution is -2.34. The zero-order chi connectivity index (χ0) is 16.5. The highest BCUT2D eigenvalue weighted by Crippen LogP contribution is 2.42. The molecule has 0 bridgehead atoms. The monoisotopic (exact) mass is 362 g/mol. The van der Waals surface area contributed by atoms with Crippen LogP contribution < -0.4 is 14.8 Å². The molecule has 2 heterocycles. The van der Waals surface area contributed by atoms with E-state index in [1.807, 2.05) is 23.1 Å². The molecule has 1 N–H and O–H groups in total. The first kappa shape index (κ1) is 15.5. The molecule has 1 saturated heterocycles. The third-order valence-electron chi connectivity index (χ3n) is 3.93. The minimum absolute atomic E-state index is 0.0354. The molecule has 1 atom stereocenters. The van der Waals surface area contributed by atoms with Crippen LogP contribution in [0.1, 0.15) is 10.9 Å². The van der Waals surface area contributed by atoms with E-state index in [1.54, 1.807) is 36.0 Å². The van der Waals surface area contributed by atoms with Gasteiger partial charge < -0.3 is 19.7 Å². The van der Waals surface area contributed by atoms with Crippen molar-refractivity contribution in [2.75, 3.05) is 24.4 Å². The summed E-state index contributed by atoms with van der Waals surface area (Å²) in [4.78, 5) is 14.5. The minimum Gasteiger partial charge on any atom is -0.454 e. The summed E-state index contributed by atoms with van der Waals surface area (Å²) >= 11 is 7.61. The molecule has 0 aliphatic carbocycles. The summed E-state index contributed by atoms with van der Waals surface area (Å²) in [6.07, 6.45) is 0. The van der Waals surface area contributed by atoms with Crippen LogP contribution in [0.4, 0.5) is 10.5 Å². The van der Waals surface area contributed by atoms with Gasteiger partial charge in [-0.2, -0.15) is 0 Å². The summed E-state index contributed by atoms with van der Waals surface area (Å²) in [5.41, 5.74) is 1.76. The molecule has 2 amide bonds. The molecular formula is C17H15ClN2O3S. The van der Waals surface area contributed by atoms with E-state index in [1.165, 1.54) is 0 Å². The van der Waals surface area contributed by atoms with Crippen molar-refractivity contribution in [3.63, 3.8) is 0 Å². The number of thioether (sulfide) groups is 1. The van der Waals surface area contributed by atoms with E-state index in [2.05, 4.69) is 5.32 Å². The van der Waals surface area contributed by atoms with Crippen LogP contribution in [0.2, 0.25) is 5.02 Å². The molecule has 4 rings (SSSR count). The summed E-state index contributed by atoms with van der Waals surface area (Å²) in [5, 5.41) is 3.53. The molecule has 0 saturated carbocycles. The van der Waals surface area contributed by atoms with Crippen LogP contribution in [-0.2, 0) is 0 Å². The molecule has 1 unspecified atom stereocenters. The van der Waals surface area contributed by atoms with Crippen molar-refractivity contribution >= 4 is 35.1 Å². The molecule has 2 aliphatic heterocycles. The van der Waals surface area contributed by atoms with Crippen LogP contribution in [0, 0.1) is 0 Å². The molecule has 2 aliphatic rings. The lowest BCUT2D eigenvalue weighted by molar-refractivity contribution is 0.174. The smallest absolute Gasteiger partial charge is 0.323 e. The molecule has 0 aromatic heterocycles. The van der Waals surface area contributed by atoms with Crippen molar-refractivity contribution < 1.29 is 14.3 Å². The van der Waals surface area contributed by atoms with E-state index in [-0.39, 0.29) is 18.2 Å². The topological polar surface area (TPSA) is 50.8 Å². The summed E-state index contributed by atoms with van der Waals surface area (Å²) in [6, 6.07) is 12.8. The molecule has 7 heteroatoms. The second-order valence-corrected chi connectivity index (χ2v) is 7.09. The van der Waals surface area contributed by atoms with Crippen LogP contribution in [0.15, 0.2) is 42.5 Å². The Hall–Kier alpha value is -2.05. The third-order valence-corrected chi connectivity index (χ3v) is 5.44. The van der Waals surface area contributed by atoms with Gasteiger partial charge in [-0.25, -0.2) is 4.79 Å². The van der Waals surface area contributed by atoms with Crippen LogP contribution in [0.25, 0.3) is 0 Å². The summed E-state index contributed by atoms with van der Waals surface area (Å²) < 4.78 is 10.8. The Morgan fingerprint density at radius 2 is 1.96 bits per heavy atom. The Kier molecular flexibility index (Phi) is 4.16. The normalized spacial score (nSPS) is 18.7. The average molecular weight is 363 g/mol. The lowest BCUT2D eigenvalue weighted by atomic mass is 10.2. The molecule has 124 valence electrons. The molecule has 1 fully saturated rings. The van der Waals surface area contributed by atoms with Gasteiger partial charge in [0.15, 0.2) is 11.5 Å². The van der Waals surface area contributed by atoms with Gasteiger partial charge in [0, 0.05) is 23.0 Å². The quantitative estimate of drug-likeness (QED) is 0.863. The SMILES string of the molecule is O=C(Nc1ccc(Cl)cc1)N1CCSC1c1ccc2c(c1)OCO2. The van der Waals surface area contributed by atoms with Gasteiger partial charge in [-0.3, -0.25) is 0 Å². The summed E-state index contributed by atoms with van der Waals surface area (Å²) in [5.74, 6) is 2.38. The number of hydrogen-bond donors (Lipinski definition) is 1. The number of amides is 2. The van der Waals surface area contributed by atoms with Crippen molar-refractivity contribution in [2.24, 2.45) is 0 Å². The second-order valence-electron chi connectivity index (χ2n) is 5.47. The van der Waals surface area contributed by atoms with Gasteiger partial charge in [-0.15, -0.1) is 11.8 Å². The van der Waals surface area contributed by atoms with E-state index >= 15 is 0 Å². The number of rotatable bonds is 2. The maximum Gasteiger partial charge on any atom is 0.323 e. The predicted octanol–water partition coefficient (Wildman–Crippen LogP) is 4.35. The standard InChI is InChI=1S/C17H15ClN2O3S/c18-12-2-4-13(5-3-12)19-17(21)20-7-8-24-16(20)11-1-6-14-15(9-11)23-10-22-14/h1-6,9,16H,7-8,10H2,(H,19,21). The maximum atomic E-state index is 12.6. The summed E-state index contributed by atoms with van der Waals surface area (Å²) in [7, 11) is 0. The molecular weight excluding hydrogens is 348 g/mol. The number of carbonyl (C=O) groups excluding carboxylic acids is 1. The number of urea groups is 1. The number of halogens is 1. The maximum absolute atomic E-state index is 12.6. The number of hydrogen-bond acceptors (Lipinski definition) is 4. The van der Waals surface area contributed by atoms with Crippen molar-refractivity contribution in [1.29, 1.82) is 0 Å². The number of benzene rings is 2. The zero-order valence-corrected chi connectivity index (χ0v) is 14.3. The van der Waals surface area contributed by atoms with Crippen LogP contribution >= 0.6 is 23.4 Å². The largest absolute Gasteiger partial charge is 0.454 e. The average Bonchev–Trinajstić information content (AvgIpc) is 3.25. The fourth-order valence-electron chi connectivity index (χ4n) is 2.75. The lowest BCUT2D eigenvalue weighted by Gasteiger charge is -2.24. The van der Waals surface area contributed by atoms with Crippen molar-refractivity contribution in [3.8, 4) is 11.5 Å². The van der Waals surface area contributed by atoms with Gasteiger partial charge in [0.2, 0.25) is 6.79 Å². The Labute approximate surface area is 148 Å². The van der Waals surface area contributed by atoms with Gasteiger partial charge in [0.05, 0.1) is 0 Å². The van der Waals surface area contributed by atoms with Gasteiger partial charge in [-0.1, -0.05) is 17.7 Å². The van der Waals surface area contributed by atoms with Crippen LogP contribution in [-0.4, -0.2) is 30.0 Å². The highest BCUT2D eigenvalue weighted by molar-refractivity contribution is 7.99. The Morgan fingerprint density at radius 1 is 1.17 bits per heavy atom. The van der Waals surface area contributed by atoms with E-state index < -0.39 is 0 Å². The molecule has 24 heavy (non-hydrogen) atoms. The predicted molar refractivity (Wildman–Crippen MR) is 94.9 cm³/mol. The number of fused-ring (bicyclic) bond motifs is 1. The van der Waals surface area contributed by atoms with Crippen molar-refractivity contribution in [2.45, 2.75) is 5.37 Å². The first-order chi connectivity index (χ1) is 11.7. The number of carbonyl (C=O) groups is 1.